The Morgan fingerprint density at radius 3 is 2.53 bits per heavy atom. The molecule has 1 N–H and O–H groups in total. The fourth-order valence-electron chi connectivity index (χ4n) is 2.36. The minimum atomic E-state index is -0.810. The Labute approximate surface area is 102 Å². The standard InChI is InChI=1S/C13H21NO3/c1-3-7-13(8-5-9-13)12(17)14(2)10-4-6-11(15)16/h3H,1,4-10H2,2H3,(H,15,16). The van der Waals surface area contributed by atoms with Crippen LogP contribution in [0.15, 0.2) is 12.7 Å². The first-order valence-corrected chi connectivity index (χ1v) is 6.10. The van der Waals surface area contributed by atoms with Crippen LogP contribution in [-0.4, -0.2) is 35.5 Å². The summed E-state index contributed by atoms with van der Waals surface area (Å²) in [5.74, 6) is -0.663. The van der Waals surface area contributed by atoms with Gasteiger partial charge in [-0.05, 0) is 25.7 Å². The largest absolute Gasteiger partial charge is 0.481 e. The van der Waals surface area contributed by atoms with E-state index < -0.39 is 5.97 Å². The van der Waals surface area contributed by atoms with Gasteiger partial charge in [0.15, 0.2) is 0 Å². The highest BCUT2D eigenvalue weighted by Crippen LogP contribution is 2.45. The number of hydrogen-bond acceptors (Lipinski definition) is 2. The van der Waals surface area contributed by atoms with Gasteiger partial charge in [0.25, 0.3) is 0 Å². The van der Waals surface area contributed by atoms with E-state index in [1.807, 2.05) is 6.08 Å². The zero-order valence-corrected chi connectivity index (χ0v) is 10.4. The van der Waals surface area contributed by atoms with Gasteiger partial charge in [0.2, 0.25) is 5.91 Å². The van der Waals surface area contributed by atoms with Gasteiger partial charge in [0.05, 0.1) is 5.41 Å². The molecule has 0 aliphatic heterocycles. The third-order valence-electron chi connectivity index (χ3n) is 3.53. The summed E-state index contributed by atoms with van der Waals surface area (Å²) in [4.78, 5) is 24.3. The Balaban J connectivity index is 2.44. The van der Waals surface area contributed by atoms with Crippen LogP contribution in [0.2, 0.25) is 0 Å². The molecule has 4 heteroatoms. The Bertz CT molecular complexity index is 308. The summed E-state index contributed by atoms with van der Waals surface area (Å²) in [6, 6.07) is 0. The number of carboxylic acid groups (broad SMARTS) is 1. The lowest BCUT2D eigenvalue weighted by molar-refractivity contribution is -0.146. The first kappa shape index (κ1) is 13.7. The van der Waals surface area contributed by atoms with Crippen LogP contribution in [0, 0.1) is 5.41 Å². The summed E-state index contributed by atoms with van der Waals surface area (Å²) in [5, 5.41) is 8.55. The molecular formula is C13H21NO3. The van der Waals surface area contributed by atoms with Crippen molar-refractivity contribution < 1.29 is 14.7 Å². The summed E-state index contributed by atoms with van der Waals surface area (Å²) < 4.78 is 0. The van der Waals surface area contributed by atoms with Gasteiger partial charge in [-0.2, -0.15) is 0 Å². The Kier molecular flexibility index (Phi) is 4.73. The number of hydrogen-bond donors (Lipinski definition) is 1. The van der Waals surface area contributed by atoms with Crippen molar-refractivity contribution in [2.75, 3.05) is 13.6 Å². The van der Waals surface area contributed by atoms with E-state index in [-0.39, 0.29) is 17.7 Å². The molecule has 96 valence electrons. The number of nitrogens with zero attached hydrogens (tertiary/aromatic N) is 1. The van der Waals surface area contributed by atoms with Crippen molar-refractivity contribution in [1.29, 1.82) is 0 Å². The molecule has 0 radical (unpaired) electrons. The van der Waals surface area contributed by atoms with Crippen molar-refractivity contribution in [3.05, 3.63) is 12.7 Å². The Morgan fingerprint density at radius 2 is 2.12 bits per heavy atom. The first-order chi connectivity index (χ1) is 8.02. The van der Waals surface area contributed by atoms with E-state index in [2.05, 4.69) is 6.58 Å². The minimum absolute atomic E-state index is 0.117. The number of carbonyl (C=O) groups is 2. The number of allylic oxidation sites excluding steroid dienone is 1. The maximum Gasteiger partial charge on any atom is 0.303 e. The number of rotatable bonds is 7. The molecule has 0 unspecified atom stereocenters. The number of carboxylic acids is 1. The molecule has 1 aliphatic rings. The van der Waals surface area contributed by atoms with Crippen LogP contribution in [0.5, 0.6) is 0 Å². The second kappa shape index (κ2) is 5.84. The predicted octanol–water partition coefficient (Wildman–Crippen LogP) is 2.06. The third kappa shape index (κ3) is 3.32. The molecule has 0 aromatic heterocycles. The number of aliphatic carboxylic acids is 1. The lowest BCUT2D eigenvalue weighted by Crippen LogP contribution is -2.46. The Morgan fingerprint density at radius 1 is 1.47 bits per heavy atom. The van der Waals surface area contributed by atoms with Gasteiger partial charge < -0.3 is 10.0 Å². The fraction of sp³-hybridized carbons (Fsp3) is 0.692. The molecule has 1 rings (SSSR count). The van der Waals surface area contributed by atoms with Gasteiger partial charge >= 0.3 is 5.97 Å². The van der Waals surface area contributed by atoms with Crippen LogP contribution in [0.3, 0.4) is 0 Å². The van der Waals surface area contributed by atoms with Gasteiger partial charge in [-0.3, -0.25) is 9.59 Å². The van der Waals surface area contributed by atoms with Crippen molar-refractivity contribution in [1.82, 2.24) is 4.90 Å². The molecular weight excluding hydrogens is 218 g/mol. The van der Waals surface area contributed by atoms with E-state index in [0.29, 0.717) is 13.0 Å². The van der Waals surface area contributed by atoms with E-state index >= 15 is 0 Å². The SMILES string of the molecule is C=CCC1(C(=O)N(C)CCCC(=O)O)CCC1. The molecule has 0 bridgehead atoms. The van der Waals surface area contributed by atoms with Crippen LogP contribution in [0.25, 0.3) is 0 Å². The van der Waals surface area contributed by atoms with E-state index in [0.717, 1.165) is 25.7 Å². The molecule has 4 nitrogen and oxygen atoms in total. The zero-order chi connectivity index (χ0) is 12.9. The van der Waals surface area contributed by atoms with E-state index in [4.69, 9.17) is 5.11 Å². The lowest BCUT2D eigenvalue weighted by Gasteiger charge is -2.42. The van der Waals surface area contributed by atoms with Gasteiger partial charge in [0, 0.05) is 20.0 Å². The molecule has 0 aromatic carbocycles. The smallest absolute Gasteiger partial charge is 0.303 e. The predicted molar refractivity (Wildman–Crippen MR) is 65.6 cm³/mol. The van der Waals surface area contributed by atoms with Crippen LogP contribution < -0.4 is 0 Å². The van der Waals surface area contributed by atoms with Gasteiger partial charge in [-0.15, -0.1) is 6.58 Å². The molecule has 0 saturated heterocycles. The van der Waals surface area contributed by atoms with E-state index in [9.17, 15) is 9.59 Å². The van der Waals surface area contributed by atoms with E-state index in [1.165, 1.54) is 0 Å². The van der Waals surface area contributed by atoms with Gasteiger partial charge in [-0.25, -0.2) is 0 Å². The monoisotopic (exact) mass is 239 g/mol. The minimum Gasteiger partial charge on any atom is -0.481 e. The molecule has 1 fully saturated rings. The van der Waals surface area contributed by atoms with Crippen LogP contribution in [0.4, 0.5) is 0 Å². The summed E-state index contributed by atoms with van der Waals surface area (Å²) in [6.07, 6.45) is 6.13. The van der Waals surface area contributed by atoms with E-state index in [1.54, 1.807) is 11.9 Å². The summed E-state index contributed by atoms with van der Waals surface area (Å²) >= 11 is 0. The molecule has 0 atom stereocenters. The van der Waals surface area contributed by atoms with Crippen LogP contribution in [0.1, 0.15) is 38.5 Å². The van der Waals surface area contributed by atoms with Crippen molar-refractivity contribution in [3.63, 3.8) is 0 Å². The summed E-state index contributed by atoms with van der Waals surface area (Å²) in [7, 11) is 1.76. The van der Waals surface area contributed by atoms with Gasteiger partial charge in [0.1, 0.15) is 0 Å². The van der Waals surface area contributed by atoms with Crippen LogP contribution in [-0.2, 0) is 9.59 Å². The average Bonchev–Trinajstić information content (AvgIpc) is 2.21. The average molecular weight is 239 g/mol. The molecule has 1 amide bonds. The molecule has 17 heavy (non-hydrogen) atoms. The highest BCUT2D eigenvalue weighted by molar-refractivity contribution is 5.83. The van der Waals surface area contributed by atoms with Crippen molar-refractivity contribution in [2.45, 2.75) is 38.5 Å². The molecule has 0 spiro atoms. The molecule has 1 aliphatic carbocycles. The highest BCUT2D eigenvalue weighted by Gasteiger charge is 2.44. The quantitative estimate of drug-likeness (QED) is 0.692. The molecule has 1 saturated carbocycles. The number of carbonyl (C=O) groups excluding carboxylic acids is 1. The van der Waals surface area contributed by atoms with Crippen molar-refractivity contribution in [2.24, 2.45) is 5.41 Å². The zero-order valence-electron chi connectivity index (χ0n) is 10.4. The van der Waals surface area contributed by atoms with Gasteiger partial charge in [-0.1, -0.05) is 12.5 Å². The summed E-state index contributed by atoms with van der Waals surface area (Å²) in [5.41, 5.74) is -0.236. The fourth-order valence-corrected chi connectivity index (χ4v) is 2.36. The second-order valence-corrected chi connectivity index (χ2v) is 4.85. The van der Waals surface area contributed by atoms with Crippen molar-refractivity contribution in [3.8, 4) is 0 Å². The topological polar surface area (TPSA) is 57.6 Å². The van der Waals surface area contributed by atoms with Crippen molar-refractivity contribution >= 4 is 11.9 Å². The molecule has 0 heterocycles. The third-order valence-corrected chi connectivity index (χ3v) is 3.53. The van der Waals surface area contributed by atoms with Crippen LogP contribution >= 0.6 is 0 Å². The Hall–Kier alpha value is -1.32. The second-order valence-electron chi connectivity index (χ2n) is 4.85. The number of amides is 1. The molecule has 0 aromatic rings. The maximum atomic E-state index is 12.2. The summed E-state index contributed by atoms with van der Waals surface area (Å²) in [6.45, 7) is 4.22. The lowest BCUT2D eigenvalue weighted by atomic mass is 9.65. The normalized spacial score (nSPS) is 17.0. The highest BCUT2D eigenvalue weighted by atomic mass is 16.4. The first-order valence-electron chi connectivity index (χ1n) is 6.10. The maximum absolute atomic E-state index is 12.2.